The van der Waals surface area contributed by atoms with Gasteiger partial charge < -0.3 is 20.5 Å². The monoisotopic (exact) mass is 636 g/mol. The molecule has 0 saturated carbocycles. The lowest BCUT2D eigenvalue weighted by Gasteiger charge is -2.20. The molecule has 0 spiro atoms. The zero-order valence-electron chi connectivity index (χ0n) is 25.8. The third kappa shape index (κ3) is 9.70. The van der Waals surface area contributed by atoms with E-state index in [1.54, 1.807) is 24.3 Å². The van der Waals surface area contributed by atoms with Crippen LogP contribution < -0.4 is 15.4 Å². The Morgan fingerprint density at radius 2 is 1.72 bits per heavy atom. The quantitative estimate of drug-likeness (QED) is 0.156. The lowest BCUT2D eigenvalue weighted by atomic mass is 9.88. The maximum absolute atomic E-state index is 13.9. The molecule has 2 amide bonds. The summed E-state index contributed by atoms with van der Waals surface area (Å²) in [7, 11) is 0. The zero-order chi connectivity index (χ0) is 33.1. The van der Waals surface area contributed by atoms with Gasteiger partial charge in [-0.25, -0.2) is 0 Å². The fourth-order valence-electron chi connectivity index (χ4n) is 5.32. The summed E-state index contributed by atoms with van der Waals surface area (Å²) in [4.78, 5) is 36.9. The number of carbonyl (C=O) groups excluding carboxylic acids is 2. The van der Waals surface area contributed by atoms with Crippen LogP contribution in [0.15, 0.2) is 72.8 Å². The maximum atomic E-state index is 13.9. The van der Waals surface area contributed by atoms with Gasteiger partial charge in [-0.15, -0.1) is 0 Å². The first-order chi connectivity index (χ1) is 22.0. The molecule has 10 heteroatoms. The number of rotatable bonds is 14. The van der Waals surface area contributed by atoms with Crippen molar-refractivity contribution in [3.05, 3.63) is 101 Å². The molecule has 0 aromatic heterocycles. The summed E-state index contributed by atoms with van der Waals surface area (Å²) < 4.78 is 47.1. The molecule has 46 heavy (non-hydrogen) atoms. The number of carboxylic acids is 1. The highest BCUT2D eigenvalue weighted by Gasteiger charge is 2.35. The third-order valence-electron chi connectivity index (χ3n) is 7.88. The van der Waals surface area contributed by atoms with Gasteiger partial charge in [0.05, 0.1) is 24.5 Å². The summed E-state index contributed by atoms with van der Waals surface area (Å²) in [6.07, 6.45) is 3.26. The smallest absolute Gasteiger partial charge is 0.420 e. The first-order valence-electron chi connectivity index (χ1n) is 15.6. The van der Waals surface area contributed by atoms with Crippen molar-refractivity contribution in [3.63, 3.8) is 0 Å². The van der Waals surface area contributed by atoms with E-state index in [2.05, 4.69) is 16.7 Å². The number of anilines is 1. The molecule has 3 N–H and O–H groups in total. The summed E-state index contributed by atoms with van der Waals surface area (Å²) in [5, 5.41) is 14.0. The highest BCUT2D eigenvalue weighted by atomic mass is 19.4. The van der Waals surface area contributed by atoms with E-state index in [1.165, 1.54) is 17.7 Å². The minimum atomic E-state index is -4.67. The molecule has 7 nitrogen and oxygen atoms in total. The Balaban J connectivity index is 1.58. The molecule has 0 radical (unpaired) electrons. The largest absolute Gasteiger partial charge is 0.493 e. The number of carboxylic acid groups (broad SMARTS) is 1. The molecule has 1 unspecified atom stereocenters. The summed E-state index contributed by atoms with van der Waals surface area (Å²) in [6, 6.07) is 17.8. The van der Waals surface area contributed by atoms with Gasteiger partial charge in [-0.05, 0) is 91.1 Å². The molecule has 244 valence electrons. The Kier molecular flexibility index (Phi) is 12.0. The molecule has 3 aromatic rings. The Morgan fingerprint density at radius 3 is 2.35 bits per heavy atom. The summed E-state index contributed by atoms with van der Waals surface area (Å²) in [5.74, 6) is -2.95. The van der Waals surface area contributed by atoms with Crippen molar-refractivity contribution in [1.29, 1.82) is 0 Å². The van der Waals surface area contributed by atoms with E-state index in [0.717, 1.165) is 49.3 Å². The average molecular weight is 637 g/mol. The molecule has 3 aromatic carbocycles. The lowest BCUT2D eigenvalue weighted by Crippen LogP contribution is -2.26. The number of carbonyl (C=O) groups is 3. The number of benzene rings is 3. The van der Waals surface area contributed by atoms with Crippen LogP contribution in [-0.2, 0) is 22.2 Å². The molecular weight excluding hydrogens is 597 g/mol. The van der Waals surface area contributed by atoms with Crippen molar-refractivity contribution >= 4 is 29.0 Å². The predicted molar refractivity (Wildman–Crippen MR) is 171 cm³/mol. The summed E-state index contributed by atoms with van der Waals surface area (Å²) in [5.41, 5.74) is 3.15. The van der Waals surface area contributed by atoms with E-state index in [-0.39, 0.29) is 37.4 Å². The van der Waals surface area contributed by atoms with Crippen molar-refractivity contribution in [2.24, 2.45) is 0 Å². The standard InChI is InChI=1S/C36H39F3N2O5/c1-2-3-21-46-32-18-17-29(23-31(32)36(37,38)39)41-35(45)30(27-15-13-26(14-16-27)25-7-5-4-6-8-25)22-24-9-11-28(12-10-24)34(44)40-20-19-33(42)43/h7,9-18,23,30H,2-6,8,19-22H2,1H3,(H,40,44)(H,41,45)(H,42,43). The van der Waals surface area contributed by atoms with E-state index < -0.39 is 35.4 Å². The van der Waals surface area contributed by atoms with E-state index in [0.29, 0.717) is 17.5 Å². The second kappa shape index (κ2) is 16.1. The van der Waals surface area contributed by atoms with Gasteiger partial charge >= 0.3 is 12.1 Å². The average Bonchev–Trinajstić information content (AvgIpc) is 3.04. The number of hydrogen-bond acceptors (Lipinski definition) is 4. The van der Waals surface area contributed by atoms with Crippen molar-refractivity contribution in [2.45, 2.75) is 70.4 Å². The topological polar surface area (TPSA) is 105 Å². The molecule has 0 bridgehead atoms. The second-order valence-corrected chi connectivity index (χ2v) is 11.4. The lowest BCUT2D eigenvalue weighted by molar-refractivity contribution is -0.139. The van der Waals surface area contributed by atoms with Gasteiger partial charge in [0.25, 0.3) is 5.91 Å². The van der Waals surface area contributed by atoms with Crippen LogP contribution in [0, 0.1) is 0 Å². The van der Waals surface area contributed by atoms with E-state index in [9.17, 15) is 27.6 Å². The van der Waals surface area contributed by atoms with E-state index in [4.69, 9.17) is 9.84 Å². The van der Waals surface area contributed by atoms with E-state index >= 15 is 0 Å². The van der Waals surface area contributed by atoms with Gasteiger partial charge in [0.2, 0.25) is 5.91 Å². The number of allylic oxidation sites excluding steroid dienone is 2. The van der Waals surface area contributed by atoms with Crippen LogP contribution in [0.1, 0.15) is 90.4 Å². The number of aliphatic carboxylic acids is 1. The van der Waals surface area contributed by atoms with Crippen LogP contribution >= 0.6 is 0 Å². The molecule has 1 aliphatic carbocycles. The van der Waals surface area contributed by atoms with Gasteiger partial charge in [0.15, 0.2) is 0 Å². The first-order valence-corrected chi connectivity index (χ1v) is 15.6. The van der Waals surface area contributed by atoms with Gasteiger partial charge in [-0.1, -0.05) is 55.8 Å². The minimum Gasteiger partial charge on any atom is -0.493 e. The maximum Gasteiger partial charge on any atom is 0.420 e. The first kappa shape index (κ1) is 34.3. The number of unbranched alkanes of at least 4 members (excludes halogenated alkanes) is 1. The molecule has 0 aliphatic heterocycles. The number of halogens is 3. The van der Waals surface area contributed by atoms with Crippen LogP contribution in [0.5, 0.6) is 5.75 Å². The third-order valence-corrected chi connectivity index (χ3v) is 7.88. The Labute approximate surface area is 266 Å². The Morgan fingerprint density at radius 1 is 0.978 bits per heavy atom. The zero-order valence-corrected chi connectivity index (χ0v) is 25.8. The highest BCUT2D eigenvalue weighted by molar-refractivity contribution is 5.96. The molecule has 1 atom stereocenters. The fourth-order valence-corrected chi connectivity index (χ4v) is 5.32. The van der Waals surface area contributed by atoms with Crippen molar-refractivity contribution < 1.29 is 37.4 Å². The molecular formula is C36H39F3N2O5. The number of nitrogens with one attached hydrogen (secondary N) is 2. The Bertz CT molecular complexity index is 1530. The van der Waals surface area contributed by atoms with Crippen LogP contribution in [0.4, 0.5) is 18.9 Å². The van der Waals surface area contributed by atoms with Crippen LogP contribution in [0.25, 0.3) is 5.57 Å². The van der Waals surface area contributed by atoms with Crippen LogP contribution in [0.2, 0.25) is 0 Å². The highest BCUT2D eigenvalue weighted by Crippen LogP contribution is 2.38. The number of ether oxygens (including phenoxy) is 1. The second-order valence-electron chi connectivity index (χ2n) is 11.4. The SMILES string of the molecule is CCCCOc1ccc(NC(=O)C(Cc2ccc(C(=O)NCCC(=O)O)cc2)c2ccc(C3=CCCCC3)cc2)cc1C(F)(F)F. The summed E-state index contributed by atoms with van der Waals surface area (Å²) in [6.45, 7) is 2.07. The van der Waals surface area contributed by atoms with Gasteiger partial charge in [-0.2, -0.15) is 13.2 Å². The van der Waals surface area contributed by atoms with Gasteiger partial charge in [0, 0.05) is 17.8 Å². The molecule has 0 heterocycles. The predicted octanol–water partition coefficient (Wildman–Crippen LogP) is 8.01. The molecule has 0 fully saturated rings. The van der Waals surface area contributed by atoms with E-state index in [1.807, 2.05) is 31.2 Å². The molecule has 0 saturated heterocycles. The number of alkyl halides is 3. The van der Waals surface area contributed by atoms with Crippen molar-refractivity contribution in [3.8, 4) is 5.75 Å². The Hall–Kier alpha value is -4.60. The molecule has 1 aliphatic rings. The van der Waals surface area contributed by atoms with Crippen molar-refractivity contribution in [2.75, 3.05) is 18.5 Å². The van der Waals surface area contributed by atoms with Gasteiger partial charge in [0.1, 0.15) is 5.75 Å². The van der Waals surface area contributed by atoms with Crippen molar-refractivity contribution in [1.82, 2.24) is 5.32 Å². The molecule has 4 rings (SSSR count). The normalized spacial score (nSPS) is 13.8. The summed E-state index contributed by atoms with van der Waals surface area (Å²) >= 11 is 0. The number of hydrogen-bond donors (Lipinski definition) is 3. The van der Waals surface area contributed by atoms with Crippen LogP contribution in [-0.4, -0.2) is 36.0 Å². The fraction of sp³-hybridized carbons (Fsp3) is 0.361. The van der Waals surface area contributed by atoms with Crippen LogP contribution in [0.3, 0.4) is 0 Å². The number of amides is 2. The minimum absolute atomic E-state index is 0.00234. The van der Waals surface area contributed by atoms with Gasteiger partial charge in [-0.3, -0.25) is 14.4 Å².